The molecule has 220 valence electrons. The highest BCUT2D eigenvalue weighted by atomic mass is 28.3. The molecule has 2 bridgehead atoms. The highest BCUT2D eigenvalue weighted by molar-refractivity contribution is 6.76. The van der Waals surface area contributed by atoms with Gasteiger partial charge in [0.25, 0.3) is 0 Å². The number of rotatable bonds is 10. The number of anilines is 2. The van der Waals surface area contributed by atoms with Gasteiger partial charge in [-0.1, -0.05) is 33.0 Å². The molecule has 1 aliphatic rings. The third-order valence-corrected chi connectivity index (χ3v) is 8.25. The Morgan fingerprint density at radius 2 is 1.98 bits per heavy atom. The smallest absolute Gasteiger partial charge is 0.411 e. The van der Waals surface area contributed by atoms with Crippen molar-refractivity contribution in [2.24, 2.45) is 5.92 Å². The normalized spacial score (nSPS) is 17.6. The molecule has 1 aliphatic heterocycles. The maximum atomic E-state index is 13.1. The fraction of sp³-hybridized carbons (Fsp3) is 0.556. The van der Waals surface area contributed by atoms with Gasteiger partial charge in [-0.05, 0) is 37.1 Å². The second-order valence-corrected chi connectivity index (χ2v) is 16.8. The average Bonchev–Trinajstić information content (AvgIpc) is 3.28. The predicted molar refractivity (Wildman–Crippen MR) is 154 cm³/mol. The van der Waals surface area contributed by atoms with Gasteiger partial charge in [0.1, 0.15) is 19.2 Å². The van der Waals surface area contributed by atoms with Gasteiger partial charge in [-0.2, -0.15) is 0 Å². The minimum Gasteiger partial charge on any atom is -0.465 e. The van der Waals surface area contributed by atoms with Crippen LogP contribution in [-0.2, 0) is 25.7 Å². The first-order chi connectivity index (χ1) is 19.0. The monoisotopic (exact) mass is 575 g/mol. The third kappa shape index (κ3) is 9.35. The van der Waals surface area contributed by atoms with Crippen LogP contribution in [0.3, 0.4) is 0 Å². The summed E-state index contributed by atoms with van der Waals surface area (Å²) in [6.07, 6.45) is 1.67. The third-order valence-electron chi connectivity index (χ3n) is 6.54. The molecule has 0 aliphatic carbocycles. The Bertz CT molecular complexity index is 1180. The van der Waals surface area contributed by atoms with E-state index in [0.717, 1.165) is 6.04 Å². The van der Waals surface area contributed by atoms with Crippen LogP contribution >= 0.6 is 0 Å². The fourth-order valence-electron chi connectivity index (χ4n) is 4.23. The Hall–Kier alpha value is -3.42. The van der Waals surface area contributed by atoms with Gasteiger partial charge < -0.3 is 34.5 Å². The lowest BCUT2D eigenvalue weighted by Crippen LogP contribution is -2.30. The second-order valence-electron chi connectivity index (χ2n) is 11.1. The number of fused-ring (bicyclic) bond motifs is 4. The molecule has 3 rings (SSSR count). The van der Waals surface area contributed by atoms with Gasteiger partial charge in [-0.3, -0.25) is 10.1 Å². The number of imidazole rings is 1. The fourth-order valence-corrected chi connectivity index (χ4v) is 4.99. The lowest BCUT2D eigenvalue weighted by atomic mass is 9.99. The van der Waals surface area contributed by atoms with Crippen molar-refractivity contribution >= 4 is 37.5 Å². The van der Waals surface area contributed by atoms with Gasteiger partial charge in [0.2, 0.25) is 5.91 Å². The van der Waals surface area contributed by atoms with E-state index in [-0.39, 0.29) is 31.8 Å². The van der Waals surface area contributed by atoms with Crippen molar-refractivity contribution in [3.63, 3.8) is 0 Å². The molecular formula is C27H41N5O7Si. The number of aromatic nitrogens is 2. The van der Waals surface area contributed by atoms with Crippen LogP contribution < -0.4 is 16.0 Å². The first-order valence-electron chi connectivity index (χ1n) is 13.5. The number of nitrogens with one attached hydrogen (secondary N) is 3. The van der Waals surface area contributed by atoms with Gasteiger partial charge in [0, 0.05) is 45.2 Å². The van der Waals surface area contributed by atoms with Crippen LogP contribution in [0.15, 0.2) is 24.4 Å². The van der Waals surface area contributed by atoms with Crippen molar-refractivity contribution in [3.8, 4) is 11.3 Å². The molecule has 1 aromatic heterocycles. The number of carbonyl (C=O) groups is 3. The molecule has 0 unspecified atom stereocenters. The average molecular weight is 576 g/mol. The number of carboxylic acid groups (broad SMARTS) is 1. The largest absolute Gasteiger partial charge is 0.465 e. The molecule has 0 fully saturated rings. The van der Waals surface area contributed by atoms with E-state index in [1.807, 2.05) is 11.5 Å². The summed E-state index contributed by atoms with van der Waals surface area (Å²) in [4.78, 5) is 41.7. The van der Waals surface area contributed by atoms with E-state index in [4.69, 9.17) is 19.2 Å². The molecule has 0 radical (unpaired) electrons. The zero-order valence-electron chi connectivity index (χ0n) is 23.9. The Labute approximate surface area is 235 Å². The van der Waals surface area contributed by atoms with E-state index in [9.17, 15) is 19.5 Å². The topological polar surface area (TPSA) is 153 Å². The van der Waals surface area contributed by atoms with E-state index in [2.05, 4.69) is 35.6 Å². The molecule has 4 N–H and O–H groups in total. The Balaban J connectivity index is 1.99. The number of carbonyl (C=O) groups excluding carboxylic acids is 2. The SMILES string of the molecule is COCCOC(=O)Nc1ccc2c(c1)NC(=O)[C@H](C)CCC[C@H](NC(=O)O)c1nc-2cn1COCC[Si](C)(C)C. The molecule has 3 amide bonds. The molecule has 0 saturated carbocycles. The van der Waals surface area contributed by atoms with Crippen molar-refractivity contribution in [1.29, 1.82) is 0 Å². The predicted octanol–water partition coefficient (Wildman–Crippen LogP) is 5.12. The highest BCUT2D eigenvalue weighted by Crippen LogP contribution is 2.34. The summed E-state index contributed by atoms with van der Waals surface area (Å²) in [6.45, 7) is 9.86. The number of ether oxygens (including phenoxy) is 3. The number of hydrogen-bond donors (Lipinski definition) is 4. The molecule has 2 atom stereocenters. The summed E-state index contributed by atoms with van der Waals surface area (Å²) < 4.78 is 17.8. The molecule has 0 saturated heterocycles. The molecule has 0 spiro atoms. The van der Waals surface area contributed by atoms with Gasteiger partial charge in [0.05, 0.1) is 24.0 Å². The molecule has 2 heterocycles. The van der Waals surface area contributed by atoms with Crippen molar-refractivity contribution in [3.05, 3.63) is 30.2 Å². The summed E-state index contributed by atoms with van der Waals surface area (Å²) in [7, 11) is 0.227. The van der Waals surface area contributed by atoms with Crippen LogP contribution in [0.2, 0.25) is 25.7 Å². The van der Waals surface area contributed by atoms with Crippen molar-refractivity contribution in [2.75, 3.05) is 37.6 Å². The van der Waals surface area contributed by atoms with Gasteiger partial charge in [0.15, 0.2) is 0 Å². The lowest BCUT2D eigenvalue weighted by molar-refractivity contribution is -0.119. The number of amides is 3. The number of nitrogens with zero attached hydrogens (tertiary/aromatic N) is 2. The quantitative estimate of drug-likeness (QED) is 0.225. The number of benzene rings is 1. The van der Waals surface area contributed by atoms with E-state index in [0.29, 0.717) is 54.3 Å². The first-order valence-corrected chi connectivity index (χ1v) is 17.2. The van der Waals surface area contributed by atoms with Crippen molar-refractivity contribution in [1.82, 2.24) is 14.9 Å². The van der Waals surface area contributed by atoms with Gasteiger partial charge >= 0.3 is 12.2 Å². The van der Waals surface area contributed by atoms with Crippen LogP contribution in [0.1, 0.15) is 38.1 Å². The standard InChI is InChI=1S/C27H41N5O7Si/c1-18-7-6-8-21(31-26(34)35)24-29-23(16-32(24)17-38-13-14-40(3,4)5)20-10-9-19(15-22(20)30-25(18)33)28-27(36)39-12-11-37-2/h9-10,15-16,18,21,31H,6-8,11-14,17H2,1-5H3,(H,28,36)(H,30,33)(H,34,35)/t18-,21+/m1/s1. The van der Waals surface area contributed by atoms with Crippen LogP contribution in [0.25, 0.3) is 11.3 Å². The maximum Gasteiger partial charge on any atom is 0.411 e. The molecule has 1 aromatic carbocycles. The summed E-state index contributed by atoms with van der Waals surface area (Å²) in [5.41, 5.74) is 2.06. The first kappa shape index (κ1) is 31.1. The van der Waals surface area contributed by atoms with Gasteiger partial charge in [-0.25, -0.2) is 14.6 Å². The maximum absolute atomic E-state index is 13.1. The van der Waals surface area contributed by atoms with E-state index < -0.39 is 26.3 Å². The van der Waals surface area contributed by atoms with Crippen molar-refractivity contribution in [2.45, 2.75) is 64.6 Å². The van der Waals surface area contributed by atoms with Crippen LogP contribution in [-0.4, -0.2) is 67.8 Å². The van der Waals surface area contributed by atoms with E-state index in [1.54, 1.807) is 24.4 Å². The number of hydrogen-bond acceptors (Lipinski definition) is 7. The lowest BCUT2D eigenvalue weighted by Gasteiger charge is -2.20. The minimum absolute atomic E-state index is 0.104. The molecule has 40 heavy (non-hydrogen) atoms. The molecule has 13 heteroatoms. The Kier molecular flexibility index (Phi) is 11.1. The van der Waals surface area contributed by atoms with E-state index in [1.165, 1.54) is 7.11 Å². The number of methoxy groups -OCH3 is 1. The summed E-state index contributed by atoms with van der Waals surface area (Å²) in [5, 5.41) is 17.8. The van der Waals surface area contributed by atoms with Crippen LogP contribution in [0.4, 0.5) is 21.0 Å². The van der Waals surface area contributed by atoms with E-state index >= 15 is 0 Å². The minimum atomic E-state index is -1.29. The molecule has 12 nitrogen and oxygen atoms in total. The van der Waals surface area contributed by atoms with Crippen molar-refractivity contribution < 1.29 is 33.7 Å². The van der Waals surface area contributed by atoms with Crippen LogP contribution in [0.5, 0.6) is 0 Å². The van der Waals surface area contributed by atoms with Crippen LogP contribution in [0, 0.1) is 5.92 Å². The Morgan fingerprint density at radius 1 is 1.20 bits per heavy atom. The summed E-state index contributed by atoms with van der Waals surface area (Å²) >= 11 is 0. The summed E-state index contributed by atoms with van der Waals surface area (Å²) in [5.74, 6) is 0.0431. The van der Waals surface area contributed by atoms with Gasteiger partial charge in [-0.15, -0.1) is 0 Å². The zero-order valence-corrected chi connectivity index (χ0v) is 24.9. The second kappa shape index (κ2) is 14.3. The zero-order chi connectivity index (χ0) is 29.3. The Morgan fingerprint density at radius 3 is 2.67 bits per heavy atom. The highest BCUT2D eigenvalue weighted by Gasteiger charge is 2.25. The molecule has 2 aromatic rings. The summed E-state index contributed by atoms with van der Waals surface area (Å²) in [6, 6.07) is 5.51. The molecular weight excluding hydrogens is 534 g/mol.